The zero-order chi connectivity index (χ0) is 12.3. The number of urea groups is 1. The maximum atomic E-state index is 11.4. The number of carbonyl (C=O) groups excluding carboxylic acids is 2. The van der Waals surface area contributed by atoms with Crippen LogP contribution in [-0.4, -0.2) is 39.5 Å². The summed E-state index contributed by atoms with van der Waals surface area (Å²) in [5.74, 6) is -0.317. The summed E-state index contributed by atoms with van der Waals surface area (Å²) in [5.41, 5.74) is 0.854. The van der Waals surface area contributed by atoms with E-state index >= 15 is 0 Å². The second-order valence-electron chi connectivity index (χ2n) is 3.42. The second-order valence-corrected chi connectivity index (χ2v) is 4.43. The van der Waals surface area contributed by atoms with Crippen LogP contribution in [0.3, 0.4) is 0 Å². The Morgan fingerprint density at radius 3 is 3.00 bits per heavy atom. The van der Waals surface area contributed by atoms with Crippen molar-refractivity contribution >= 4 is 23.9 Å². The molecule has 6 nitrogen and oxygen atoms in total. The van der Waals surface area contributed by atoms with E-state index in [1.54, 1.807) is 12.3 Å². The van der Waals surface area contributed by atoms with Crippen LogP contribution in [0.1, 0.15) is 5.56 Å². The van der Waals surface area contributed by atoms with E-state index in [4.69, 9.17) is 5.11 Å². The summed E-state index contributed by atoms with van der Waals surface area (Å²) in [7, 11) is 0. The van der Waals surface area contributed by atoms with E-state index in [0.717, 1.165) is 17.5 Å². The molecule has 2 heterocycles. The average Bonchev–Trinajstić information content (AvgIpc) is 2.61. The third kappa shape index (κ3) is 2.75. The van der Waals surface area contributed by atoms with E-state index in [1.165, 1.54) is 4.31 Å². The smallest absolute Gasteiger partial charge is 0.334 e. The van der Waals surface area contributed by atoms with Gasteiger partial charge in [0.25, 0.3) is 0 Å². The first-order valence-corrected chi connectivity index (χ1v) is 5.82. The summed E-state index contributed by atoms with van der Waals surface area (Å²) < 4.78 is 1.31. The standard InChI is InChI=1S/C10H11N3O3S/c14-5-3-7-2-1-4-11-9(7)17-13-6-8(15)12-10(13)16/h1-2,4,14H,3,5-6H2,(H,12,15,16). The maximum absolute atomic E-state index is 11.4. The molecule has 0 bridgehead atoms. The zero-order valence-corrected chi connectivity index (χ0v) is 9.74. The van der Waals surface area contributed by atoms with Gasteiger partial charge in [0.1, 0.15) is 11.6 Å². The van der Waals surface area contributed by atoms with Gasteiger partial charge in [-0.05, 0) is 18.1 Å². The lowest BCUT2D eigenvalue weighted by molar-refractivity contribution is -0.118. The minimum Gasteiger partial charge on any atom is -0.396 e. The number of nitrogens with one attached hydrogen (secondary N) is 1. The molecule has 0 spiro atoms. The molecule has 1 aliphatic rings. The van der Waals surface area contributed by atoms with Crippen molar-refractivity contribution in [3.05, 3.63) is 23.9 Å². The lowest BCUT2D eigenvalue weighted by Crippen LogP contribution is -2.23. The summed E-state index contributed by atoms with van der Waals surface area (Å²) in [6, 6.07) is 3.17. The van der Waals surface area contributed by atoms with Crippen LogP contribution in [0, 0.1) is 0 Å². The molecular weight excluding hydrogens is 242 g/mol. The number of rotatable bonds is 4. The molecule has 0 aromatic carbocycles. The molecule has 3 amide bonds. The highest BCUT2D eigenvalue weighted by Crippen LogP contribution is 2.25. The minimum absolute atomic E-state index is 0.0182. The topological polar surface area (TPSA) is 82.5 Å². The first kappa shape index (κ1) is 11.9. The predicted octanol–water partition coefficient (Wildman–Crippen LogP) is 0.175. The number of aliphatic hydroxyl groups excluding tert-OH is 1. The first-order chi connectivity index (χ1) is 8.20. The van der Waals surface area contributed by atoms with Gasteiger partial charge >= 0.3 is 6.03 Å². The third-order valence-electron chi connectivity index (χ3n) is 2.19. The van der Waals surface area contributed by atoms with Gasteiger partial charge in [0.05, 0.1) is 0 Å². The van der Waals surface area contributed by atoms with Crippen LogP contribution in [-0.2, 0) is 11.2 Å². The minimum atomic E-state index is -0.430. The van der Waals surface area contributed by atoms with Crippen molar-refractivity contribution in [1.82, 2.24) is 14.6 Å². The number of aromatic nitrogens is 1. The van der Waals surface area contributed by atoms with Crippen molar-refractivity contribution in [3.8, 4) is 0 Å². The predicted molar refractivity (Wildman–Crippen MR) is 61.1 cm³/mol. The second kappa shape index (κ2) is 5.15. The molecule has 0 saturated carbocycles. The van der Waals surface area contributed by atoms with Gasteiger partial charge in [-0.15, -0.1) is 0 Å². The lowest BCUT2D eigenvalue weighted by Gasteiger charge is -2.13. The molecule has 1 aliphatic heterocycles. The maximum Gasteiger partial charge on any atom is 0.334 e. The van der Waals surface area contributed by atoms with Gasteiger partial charge < -0.3 is 5.11 Å². The van der Waals surface area contributed by atoms with Crippen molar-refractivity contribution in [1.29, 1.82) is 0 Å². The summed E-state index contributed by atoms with van der Waals surface area (Å²) in [6.07, 6.45) is 2.08. The molecule has 17 heavy (non-hydrogen) atoms. The fraction of sp³-hybridized carbons (Fsp3) is 0.300. The van der Waals surface area contributed by atoms with Gasteiger partial charge in [-0.2, -0.15) is 0 Å². The highest BCUT2D eigenvalue weighted by molar-refractivity contribution is 7.97. The summed E-state index contributed by atoms with van der Waals surface area (Å²) >= 11 is 1.11. The van der Waals surface area contributed by atoms with Crippen molar-refractivity contribution in [3.63, 3.8) is 0 Å². The normalized spacial score (nSPS) is 15.2. The van der Waals surface area contributed by atoms with Crippen molar-refractivity contribution in [2.75, 3.05) is 13.2 Å². The molecule has 1 aromatic heterocycles. The number of hydrogen-bond acceptors (Lipinski definition) is 5. The number of carbonyl (C=O) groups is 2. The molecule has 1 fully saturated rings. The molecule has 7 heteroatoms. The fourth-order valence-electron chi connectivity index (χ4n) is 1.42. The quantitative estimate of drug-likeness (QED) is 0.590. The molecule has 1 saturated heterocycles. The van der Waals surface area contributed by atoms with Crippen molar-refractivity contribution < 1.29 is 14.7 Å². The van der Waals surface area contributed by atoms with Gasteiger partial charge in [-0.1, -0.05) is 6.07 Å². The highest BCUT2D eigenvalue weighted by atomic mass is 32.2. The molecule has 1 aromatic rings. The monoisotopic (exact) mass is 253 g/mol. The Bertz CT molecular complexity index is 452. The largest absolute Gasteiger partial charge is 0.396 e. The molecule has 90 valence electrons. The Morgan fingerprint density at radius 1 is 1.53 bits per heavy atom. The summed E-state index contributed by atoms with van der Waals surface area (Å²) in [5, 5.41) is 11.7. The third-order valence-corrected chi connectivity index (χ3v) is 3.24. The molecule has 2 rings (SSSR count). The number of imide groups is 1. The van der Waals surface area contributed by atoms with Gasteiger partial charge in [0.2, 0.25) is 5.91 Å². The van der Waals surface area contributed by atoms with Gasteiger partial charge in [-0.3, -0.25) is 14.4 Å². The molecule has 0 unspecified atom stereocenters. The van der Waals surface area contributed by atoms with Crippen LogP contribution in [0.25, 0.3) is 0 Å². The number of amides is 3. The Labute approximate surface area is 102 Å². The molecule has 0 atom stereocenters. The van der Waals surface area contributed by atoms with E-state index in [0.29, 0.717) is 11.4 Å². The Hall–Kier alpha value is -1.60. The number of nitrogens with zero attached hydrogens (tertiary/aromatic N) is 2. The Balaban J connectivity index is 2.13. The van der Waals surface area contributed by atoms with Crippen LogP contribution < -0.4 is 5.32 Å². The van der Waals surface area contributed by atoms with Crippen LogP contribution in [0.4, 0.5) is 4.79 Å². The molecule has 0 radical (unpaired) electrons. The number of pyridine rings is 1. The van der Waals surface area contributed by atoms with E-state index < -0.39 is 6.03 Å². The summed E-state index contributed by atoms with van der Waals surface area (Å²) in [6.45, 7) is 0.0447. The zero-order valence-electron chi connectivity index (χ0n) is 8.92. The number of aliphatic hydroxyl groups is 1. The van der Waals surface area contributed by atoms with Crippen molar-refractivity contribution in [2.24, 2.45) is 0 Å². The van der Waals surface area contributed by atoms with E-state index in [9.17, 15) is 9.59 Å². The average molecular weight is 253 g/mol. The Morgan fingerprint density at radius 2 is 2.35 bits per heavy atom. The lowest BCUT2D eigenvalue weighted by atomic mass is 10.2. The molecule has 2 N–H and O–H groups in total. The van der Waals surface area contributed by atoms with E-state index in [1.807, 2.05) is 6.07 Å². The first-order valence-electron chi connectivity index (χ1n) is 5.05. The van der Waals surface area contributed by atoms with E-state index in [-0.39, 0.29) is 19.1 Å². The summed E-state index contributed by atoms with van der Waals surface area (Å²) in [4.78, 5) is 26.5. The van der Waals surface area contributed by atoms with Crippen LogP contribution in [0.5, 0.6) is 0 Å². The molecule has 0 aliphatic carbocycles. The van der Waals surface area contributed by atoms with Crippen LogP contribution >= 0.6 is 11.9 Å². The highest BCUT2D eigenvalue weighted by Gasteiger charge is 2.28. The van der Waals surface area contributed by atoms with Gasteiger partial charge in [0, 0.05) is 24.8 Å². The van der Waals surface area contributed by atoms with E-state index in [2.05, 4.69) is 10.3 Å². The number of hydrogen-bond donors (Lipinski definition) is 2. The van der Waals surface area contributed by atoms with Crippen LogP contribution in [0.2, 0.25) is 0 Å². The van der Waals surface area contributed by atoms with Gasteiger partial charge in [0.15, 0.2) is 0 Å². The SMILES string of the molecule is O=C1CN(Sc2ncccc2CCO)C(=O)N1. The van der Waals surface area contributed by atoms with Crippen LogP contribution in [0.15, 0.2) is 23.4 Å². The molecular formula is C10H11N3O3S. The van der Waals surface area contributed by atoms with Gasteiger partial charge in [-0.25, -0.2) is 9.78 Å². The Kier molecular flexibility index (Phi) is 3.60. The fourth-order valence-corrected chi connectivity index (χ4v) is 2.33. The van der Waals surface area contributed by atoms with Crippen molar-refractivity contribution in [2.45, 2.75) is 11.4 Å².